The molecular formula is C17H18FN5S. The summed E-state index contributed by atoms with van der Waals surface area (Å²) in [5, 5.41) is 4.36. The van der Waals surface area contributed by atoms with E-state index in [1.54, 1.807) is 11.3 Å². The number of halogens is 1. The van der Waals surface area contributed by atoms with Gasteiger partial charge in [0, 0.05) is 36.6 Å². The third-order valence-corrected chi connectivity index (χ3v) is 5.27. The lowest BCUT2D eigenvalue weighted by atomic mass is 10.0. The molecule has 0 saturated carbocycles. The smallest absolute Gasteiger partial charge is 0.223 e. The number of aromatic nitrogens is 2. The highest BCUT2D eigenvalue weighted by Gasteiger charge is 2.22. The van der Waals surface area contributed by atoms with Crippen molar-refractivity contribution in [1.82, 2.24) is 15.3 Å². The molecule has 24 heavy (non-hydrogen) atoms. The molecule has 7 heteroatoms. The zero-order valence-corrected chi connectivity index (χ0v) is 14.2. The highest BCUT2D eigenvalue weighted by molar-refractivity contribution is 7.19. The number of hydrogen-bond donors (Lipinski definition) is 2. The van der Waals surface area contributed by atoms with Crippen molar-refractivity contribution >= 4 is 33.3 Å². The summed E-state index contributed by atoms with van der Waals surface area (Å²) >= 11 is 1.60. The Balaban J connectivity index is 1.96. The molecule has 0 unspecified atom stereocenters. The maximum Gasteiger partial charge on any atom is 0.223 e. The highest BCUT2D eigenvalue weighted by atomic mass is 32.1. The van der Waals surface area contributed by atoms with Crippen LogP contribution in [0.2, 0.25) is 0 Å². The fraction of sp³-hybridized carbons (Fsp3) is 0.294. The molecule has 0 aliphatic carbocycles. The number of piperazine rings is 1. The first-order chi connectivity index (χ1) is 11.6. The normalized spacial score (nSPS) is 15.2. The first-order valence-corrected chi connectivity index (χ1v) is 8.73. The average molecular weight is 343 g/mol. The van der Waals surface area contributed by atoms with E-state index in [9.17, 15) is 4.39 Å². The molecule has 1 fully saturated rings. The fourth-order valence-corrected chi connectivity index (χ4v) is 4.23. The van der Waals surface area contributed by atoms with Crippen LogP contribution in [0.15, 0.2) is 24.3 Å². The average Bonchev–Trinajstić information content (AvgIpc) is 2.91. The van der Waals surface area contributed by atoms with Crippen molar-refractivity contribution in [2.75, 3.05) is 36.8 Å². The SMILES string of the molecule is Cc1sc2nc(N)nc(N3CCNCC3)c2c1-c1ccc(F)cc1. The van der Waals surface area contributed by atoms with Crippen LogP contribution in [0.25, 0.3) is 21.3 Å². The predicted octanol–water partition coefficient (Wildman–Crippen LogP) is 2.80. The minimum Gasteiger partial charge on any atom is -0.368 e. The van der Waals surface area contributed by atoms with Crippen molar-refractivity contribution in [3.63, 3.8) is 0 Å². The largest absolute Gasteiger partial charge is 0.368 e. The molecule has 1 aromatic carbocycles. The van der Waals surface area contributed by atoms with Crippen LogP contribution in [0.4, 0.5) is 16.2 Å². The first-order valence-electron chi connectivity index (χ1n) is 7.91. The number of rotatable bonds is 2. The van der Waals surface area contributed by atoms with Crippen LogP contribution < -0.4 is 16.0 Å². The van der Waals surface area contributed by atoms with E-state index in [4.69, 9.17) is 5.73 Å². The van der Waals surface area contributed by atoms with Crippen LogP contribution in [0.3, 0.4) is 0 Å². The molecule has 0 spiro atoms. The quantitative estimate of drug-likeness (QED) is 0.749. The van der Waals surface area contributed by atoms with Crippen LogP contribution >= 0.6 is 11.3 Å². The Morgan fingerprint density at radius 1 is 1.17 bits per heavy atom. The summed E-state index contributed by atoms with van der Waals surface area (Å²) in [7, 11) is 0. The van der Waals surface area contributed by atoms with Gasteiger partial charge in [-0.3, -0.25) is 0 Å². The van der Waals surface area contributed by atoms with E-state index in [0.717, 1.165) is 58.2 Å². The summed E-state index contributed by atoms with van der Waals surface area (Å²) in [6.45, 7) is 5.65. The highest BCUT2D eigenvalue weighted by Crippen LogP contribution is 2.42. The topological polar surface area (TPSA) is 67.1 Å². The Kier molecular flexibility index (Phi) is 3.82. The van der Waals surface area contributed by atoms with Crippen LogP contribution in [0.1, 0.15) is 4.88 Å². The Labute approximate surface area is 143 Å². The van der Waals surface area contributed by atoms with Gasteiger partial charge in [-0.15, -0.1) is 11.3 Å². The fourth-order valence-electron chi connectivity index (χ4n) is 3.18. The number of benzene rings is 1. The lowest BCUT2D eigenvalue weighted by Gasteiger charge is -2.29. The number of hydrogen-bond acceptors (Lipinski definition) is 6. The molecule has 0 atom stereocenters. The summed E-state index contributed by atoms with van der Waals surface area (Å²) in [4.78, 5) is 13.2. The van der Waals surface area contributed by atoms with Crippen molar-refractivity contribution in [1.29, 1.82) is 0 Å². The number of nitrogens with zero attached hydrogens (tertiary/aromatic N) is 3. The van der Waals surface area contributed by atoms with E-state index in [2.05, 4.69) is 27.1 Å². The van der Waals surface area contributed by atoms with Crippen molar-refractivity contribution in [3.8, 4) is 11.1 Å². The molecule has 2 aromatic heterocycles. The van der Waals surface area contributed by atoms with Crippen molar-refractivity contribution in [3.05, 3.63) is 35.0 Å². The van der Waals surface area contributed by atoms with Gasteiger partial charge in [0.05, 0.1) is 5.39 Å². The first kappa shape index (κ1) is 15.3. The molecule has 3 aromatic rings. The predicted molar refractivity (Wildman–Crippen MR) is 97.0 cm³/mol. The molecule has 124 valence electrons. The molecule has 1 aliphatic heterocycles. The number of nitrogens with two attached hydrogens (primary N) is 1. The van der Waals surface area contributed by atoms with E-state index >= 15 is 0 Å². The van der Waals surface area contributed by atoms with Crippen molar-refractivity contribution in [2.24, 2.45) is 0 Å². The zero-order chi connectivity index (χ0) is 16.7. The monoisotopic (exact) mass is 343 g/mol. The van der Waals surface area contributed by atoms with Gasteiger partial charge in [0.2, 0.25) is 5.95 Å². The number of nitrogen functional groups attached to an aromatic ring is 1. The number of aryl methyl sites for hydroxylation is 1. The van der Waals surface area contributed by atoms with Gasteiger partial charge in [0.15, 0.2) is 0 Å². The number of thiophene rings is 1. The van der Waals surface area contributed by atoms with E-state index in [1.807, 2.05) is 12.1 Å². The number of anilines is 2. The minimum atomic E-state index is -0.237. The van der Waals surface area contributed by atoms with Crippen LogP contribution in [-0.2, 0) is 0 Å². The molecule has 1 saturated heterocycles. The molecule has 5 nitrogen and oxygen atoms in total. The Hall–Kier alpha value is -2.25. The van der Waals surface area contributed by atoms with Gasteiger partial charge < -0.3 is 16.0 Å². The van der Waals surface area contributed by atoms with E-state index in [0.29, 0.717) is 5.95 Å². The van der Waals surface area contributed by atoms with E-state index < -0.39 is 0 Å². The Bertz CT molecular complexity index is 884. The van der Waals surface area contributed by atoms with Gasteiger partial charge in [-0.05, 0) is 24.6 Å². The standard InChI is InChI=1S/C17H18FN5S/c1-10-13(11-2-4-12(18)5-3-11)14-15(23-8-6-20-7-9-23)21-17(19)22-16(14)24-10/h2-5,20H,6-9H2,1H3,(H2,19,21,22). The van der Waals surface area contributed by atoms with Gasteiger partial charge >= 0.3 is 0 Å². The summed E-state index contributed by atoms with van der Waals surface area (Å²) in [5.41, 5.74) is 7.99. The number of nitrogens with one attached hydrogen (secondary N) is 1. The van der Waals surface area contributed by atoms with Crippen molar-refractivity contribution in [2.45, 2.75) is 6.92 Å². The molecule has 0 amide bonds. The summed E-state index contributed by atoms with van der Waals surface area (Å²) in [5.74, 6) is 0.935. The molecule has 3 heterocycles. The van der Waals surface area contributed by atoms with Crippen molar-refractivity contribution < 1.29 is 4.39 Å². The molecule has 0 radical (unpaired) electrons. The molecule has 3 N–H and O–H groups in total. The molecule has 1 aliphatic rings. The molecule has 0 bridgehead atoms. The summed E-state index contributed by atoms with van der Waals surface area (Å²) in [6, 6.07) is 6.59. The van der Waals surface area contributed by atoms with Crippen LogP contribution in [0, 0.1) is 12.7 Å². The molecule has 4 rings (SSSR count). The van der Waals surface area contributed by atoms with Gasteiger partial charge in [0.1, 0.15) is 16.5 Å². The summed E-state index contributed by atoms with van der Waals surface area (Å²) in [6.07, 6.45) is 0. The maximum absolute atomic E-state index is 13.3. The minimum absolute atomic E-state index is 0.237. The third kappa shape index (κ3) is 2.59. The Morgan fingerprint density at radius 3 is 2.58 bits per heavy atom. The van der Waals surface area contributed by atoms with Crippen LogP contribution in [0.5, 0.6) is 0 Å². The van der Waals surface area contributed by atoms with E-state index in [1.165, 1.54) is 12.1 Å². The van der Waals surface area contributed by atoms with Gasteiger partial charge in [-0.1, -0.05) is 12.1 Å². The Morgan fingerprint density at radius 2 is 1.88 bits per heavy atom. The molecular weight excluding hydrogens is 325 g/mol. The van der Waals surface area contributed by atoms with E-state index in [-0.39, 0.29) is 5.82 Å². The lowest BCUT2D eigenvalue weighted by molar-refractivity contribution is 0.586. The van der Waals surface area contributed by atoms with Gasteiger partial charge in [-0.2, -0.15) is 4.98 Å². The maximum atomic E-state index is 13.3. The summed E-state index contributed by atoms with van der Waals surface area (Å²) < 4.78 is 13.3. The second-order valence-electron chi connectivity index (χ2n) is 5.86. The third-order valence-electron chi connectivity index (χ3n) is 4.28. The van der Waals surface area contributed by atoms with Gasteiger partial charge in [0.25, 0.3) is 0 Å². The second-order valence-corrected chi connectivity index (χ2v) is 7.07. The van der Waals surface area contributed by atoms with Crippen LogP contribution in [-0.4, -0.2) is 36.1 Å². The lowest BCUT2D eigenvalue weighted by Crippen LogP contribution is -2.44. The second kappa shape index (κ2) is 5.99. The van der Waals surface area contributed by atoms with Gasteiger partial charge in [-0.25, -0.2) is 9.37 Å². The number of fused-ring (bicyclic) bond motifs is 1. The zero-order valence-electron chi connectivity index (χ0n) is 13.3.